The van der Waals surface area contributed by atoms with Crippen molar-refractivity contribution in [2.45, 2.75) is 25.3 Å². The van der Waals surface area contributed by atoms with Gasteiger partial charge in [0.25, 0.3) is 5.91 Å². The molecule has 1 aromatic carbocycles. The zero-order valence-electron chi connectivity index (χ0n) is 14.7. The highest BCUT2D eigenvalue weighted by Gasteiger charge is 2.32. The first-order valence-electron chi connectivity index (χ1n) is 9.14. The fraction of sp³-hybridized carbons (Fsp3) is 0.250. The van der Waals surface area contributed by atoms with Crippen LogP contribution >= 0.6 is 0 Å². The van der Waals surface area contributed by atoms with Crippen molar-refractivity contribution in [1.29, 1.82) is 0 Å². The maximum atomic E-state index is 13.2. The predicted molar refractivity (Wildman–Crippen MR) is 100 cm³/mol. The number of furan rings is 1. The van der Waals surface area contributed by atoms with Gasteiger partial charge in [-0.2, -0.15) is 5.10 Å². The van der Waals surface area contributed by atoms with Crippen LogP contribution in [0.3, 0.4) is 0 Å². The average molecular weight is 361 g/mol. The normalized spacial score (nSPS) is 17.5. The molecule has 3 aromatic heterocycles. The third-order valence-corrected chi connectivity index (χ3v) is 5.07. The number of fused-ring (bicyclic) bond motifs is 1. The molecule has 0 saturated carbocycles. The first kappa shape index (κ1) is 15.9. The molecule has 2 N–H and O–H groups in total. The van der Waals surface area contributed by atoms with E-state index in [0.29, 0.717) is 23.7 Å². The van der Waals surface area contributed by atoms with Gasteiger partial charge in [0.05, 0.1) is 23.3 Å². The van der Waals surface area contributed by atoms with Crippen LogP contribution in [0.2, 0.25) is 0 Å². The number of amides is 1. The Balaban J connectivity index is 1.45. The molecule has 7 heteroatoms. The smallest absolute Gasteiger partial charge is 0.274 e. The number of carbonyl (C=O) groups is 1. The lowest BCUT2D eigenvalue weighted by molar-refractivity contribution is 0.0595. The lowest BCUT2D eigenvalue weighted by Crippen LogP contribution is -2.39. The number of nitrogens with zero attached hydrogens (tertiary/aromatic N) is 3. The summed E-state index contributed by atoms with van der Waals surface area (Å²) < 4.78 is 5.37. The Kier molecular flexibility index (Phi) is 3.78. The molecule has 136 valence electrons. The second kappa shape index (κ2) is 6.42. The second-order valence-electron chi connectivity index (χ2n) is 6.79. The molecule has 1 aliphatic rings. The number of para-hydroxylation sites is 2. The summed E-state index contributed by atoms with van der Waals surface area (Å²) in [4.78, 5) is 23.1. The van der Waals surface area contributed by atoms with Crippen molar-refractivity contribution in [3.63, 3.8) is 0 Å². The van der Waals surface area contributed by atoms with Crippen LogP contribution in [-0.4, -0.2) is 37.5 Å². The second-order valence-corrected chi connectivity index (χ2v) is 6.79. The number of benzene rings is 1. The van der Waals surface area contributed by atoms with Crippen molar-refractivity contribution in [3.8, 4) is 11.5 Å². The fourth-order valence-electron chi connectivity index (χ4n) is 3.73. The molecule has 4 heterocycles. The van der Waals surface area contributed by atoms with Gasteiger partial charge in [-0.3, -0.25) is 9.89 Å². The lowest BCUT2D eigenvalue weighted by Gasteiger charge is -2.34. The molecule has 0 unspecified atom stereocenters. The molecular formula is C20H19N5O2. The Morgan fingerprint density at radius 1 is 1.19 bits per heavy atom. The first-order chi connectivity index (χ1) is 13.3. The van der Waals surface area contributed by atoms with E-state index < -0.39 is 0 Å². The van der Waals surface area contributed by atoms with Crippen LogP contribution in [-0.2, 0) is 0 Å². The minimum Gasteiger partial charge on any atom is -0.463 e. The zero-order valence-corrected chi connectivity index (χ0v) is 14.7. The van der Waals surface area contributed by atoms with Crippen LogP contribution in [0, 0.1) is 0 Å². The topological polar surface area (TPSA) is 90.8 Å². The number of aromatic amines is 2. The molecule has 1 saturated heterocycles. The molecule has 1 aliphatic heterocycles. The molecule has 0 radical (unpaired) electrons. The number of piperidine rings is 1. The van der Waals surface area contributed by atoms with E-state index in [2.05, 4.69) is 15.2 Å². The quantitative estimate of drug-likeness (QED) is 0.579. The monoisotopic (exact) mass is 361 g/mol. The van der Waals surface area contributed by atoms with E-state index in [0.717, 1.165) is 36.1 Å². The van der Waals surface area contributed by atoms with E-state index in [4.69, 9.17) is 9.40 Å². The predicted octanol–water partition coefficient (Wildman–Crippen LogP) is 3.91. The third kappa shape index (κ3) is 2.81. The van der Waals surface area contributed by atoms with Gasteiger partial charge in [-0.1, -0.05) is 12.1 Å². The van der Waals surface area contributed by atoms with Crippen LogP contribution in [0.4, 0.5) is 0 Å². The summed E-state index contributed by atoms with van der Waals surface area (Å²) in [6.07, 6.45) is 4.54. The molecule has 7 nitrogen and oxygen atoms in total. The summed E-state index contributed by atoms with van der Waals surface area (Å²) in [7, 11) is 0. The van der Waals surface area contributed by atoms with Gasteiger partial charge in [0.2, 0.25) is 0 Å². The number of H-pyrrole nitrogens is 2. The molecule has 5 rings (SSSR count). The van der Waals surface area contributed by atoms with Crippen LogP contribution in [0.1, 0.15) is 41.6 Å². The number of hydrogen-bond donors (Lipinski definition) is 2. The number of carbonyl (C=O) groups excluding carboxylic acids is 1. The molecule has 1 amide bonds. The molecule has 1 atom stereocenters. The van der Waals surface area contributed by atoms with Crippen LogP contribution in [0.15, 0.2) is 53.1 Å². The minimum atomic E-state index is -0.0887. The largest absolute Gasteiger partial charge is 0.463 e. The first-order valence-corrected chi connectivity index (χ1v) is 9.14. The Labute approximate surface area is 155 Å². The molecule has 0 spiro atoms. The highest BCUT2D eigenvalue weighted by atomic mass is 16.3. The molecule has 1 fully saturated rings. The van der Waals surface area contributed by atoms with Gasteiger partial charge >= 0.3 is 0 Å². The maximum absolute atomic E-state index is 13.2. The summed E-state index contributed by atoms with van der Waals surface area (Å²) in [5, 5.41) is 7.10. The van der Waals surface area contributed by atoms with E-state index in [9.17, 15) is 4.79 Å². The summed E-state index contributed by atoms with van der Waals surface area (Å²) in [5.41, 5.74) is 3.00. The molecule has 0 bridgehead atoms. The van der Waals surface area contributed by atoms with E-state index >= 15 is 0 Å². The van der Waals surface area contributed by atoms with Gasteiger partial charge in [0.1, 0.15) is 11.5 Å². The van der Waals surface area contributed by atoms with Crippen molar-refractivity contribution >= 4 is 16.9 Å². The van der Waals surface area contributed by atoms with Gasteiger partial charge < -0.3 is 14.3 Å². The molecule has 27 heavy (non-hydrogen) atoms. The third-order valence-electron chi connectivity index (χ3n) is 5.07. The van der Waals surface area contributed by atoms with Gasteiger partial charge in [-0.05, 0) is 43.5 Å². The van der Waals surface area contributed by atoms with E-state index in [-0.39, 0.29) is 11.9 Å². The van der Waals surface area contributed by atoms with Gasteiger partial charge in [0.15, 0.2) is 11.5 Å². The summed E-state index contributed by atoms with van der Waals surface area (Å²) >= 11 is 0. The van der Waals surface area contributed by atoms with Gasteiger partial charge in [-0.25, -0.2) is 4.98 Å². The summed E-state index contributed by atoms with van der Waals surface area (Å²) in [6.45, 7) is 0.698. The van der Waals surface area contributed by atoms with Crippen molar-refractivity contribution < 1.29 is 9.21 Å². The number of imidazole rings is 1. The maximum Gasteiger partial charge on any atom is 0.274 e. The minimum absolute atomic E-state index is 0.0672. The van der Waals surface area contributed by atoms with E-state index in [1.165, 1.54) is 0 Å². The Bertz CT molecular complexity index is 1050. The number of rotatable bonds is 3. The highest BCUT2D eigenvalue weighted by molar-refractivity contribution is 5.93. The molecular weight excluding hydrogens is 342 g/mol. The average Bonchev–Trinajstić information content (AvgIpc) is 3.47. The standard InChI is InChI=1S/C20H19N5O2/c26-20(16-12-15(23-24-16)18-9-5-11-27-18)25-10-4-3-8-17(25)19-21-13-6-1-2-7-14(13)22-19/h1-2,5-7,9,11-12,17H,3-4,8,10H2,(H,21,22)(H,23,24)/t17-/m0/s1. The van der Waals surface area contributed by atoms with Crippen LogP contribution < -0.4 is 0 Å². The van der Waals surface area contributed by atoms with Gasteiger partial charge in [-0.15, -0.1) is 0 Å². The molecule has 0 aliphatic carbocycles. The number of aromatic nitrogens is 4. The van der Waals surface area contributed by atoms with E-state index in [1.807, 2.05) is 35.2 Å². The highest BCUT2D eigenvalue weighted by Crippen LogP contribution is 2.32. The molecule has 4 aromatic rings. The summed E-state index contributed by atoms with van der Waals surface area (Å²) in [5.74, 6) is 1.41. The summed E-state index contributed by atoms with van der Waals surface area (Å²) in [6, 6.07) is 13.2. The van der Waals surface area contributed by atoms with E-state index in [1.54, 1.807) is 18.4 Å². The zero-order chi connectivity index (χ0) is 18.2. The number of nitrogens with one attached hydrogen (secondary N) is 2. The van der Waals surface area contributed by atoms with Crippen LogP contribution in [0.5, 0.6) is 0 Å². The van der Waals surface area contributed by atoms with Crippen molar-refractivity contribution in [3.05, 3.63) is 60.2 Å². The number of likely N-dealkylation sites (tertiary alicyclic amines) is 1. The lowest BCUT2D eigenvalue weighted by atomic mass is 10.0. The fourth-order valence-corrected chi connectivity index (χ4v) is 3.73. The number of hydrogen-bond acceptors (Lipinski definition) is 4. The van der Waals surface area contributed by atoms with Crippen LogP contribution in [0.25, 0.3) is 22.5 Å². The van der Waals surface area contributed by atoms with Crippen molar-refractivity contribution in [2.75, 3.05) is 6.54 Å². The Morgan fingerprint density at radius 3 is 2.96 bits per heavy atom. The SMILES string of the molecule is O=C(c1cc(-c2ccco2)[nH]n1)N1CCCC[C@H]1c1nc2ccccc2[nH]1. The Hall–Kier alpha value is -3.35. The Morgan fingerprint density at radius 2 is 2.11 bits per heavy atom. The van der Waals surface area contributed by atoms with Crippen molar-refractivity contribution in [1.82, 2.24) is 25.1 Å². The van der Waals surface area contributed by atoms with Crippen molar-refractivity contribution in [2.24, 2.45) is 0 Å². The van der Waals surface area contributed by atoms with Gasteiger partial charge in [0, 0.05) is 12.6 Å².